The number of fused-ring (bicyclic) bond motifs is 1. The first kappa shape index (κ1) is 19.5. The second-order valence-corrected chi connectivity index (χ2v) is 8.18. The highest BCUT2D eigenvalue weighted by molar-refractivity contribution is 6.06. The van der Waals surface area contributed by atoms with Gasteiger partial charge in [0.15, 0.2) is 5.69 Å². The average molecular weight is 415 g/mol. The zero-order valence-corrected chi connectivity index (χ0v) is 17.3. The smallest absolute Gasteiger partial charge is 0.278 e. The zero-order valence-electron chi connectivity index (χ0n) is 17.3. The molecule has 7 nitrogen and oxygen atoms in total. The van der Waals surface area contributed by atoms with Crippen molar-refractivity contribution in [2.75, 3.05) is 18.0 Å². The van der Waals surface area contributed by atoms with Crippen LogP contribution in [-0.4, -0.2) is 45.0 Å². The zero-order chi connectivity index (χ0) is 21.2. The maximum atomic E-state index is 13.1. The predicted molar refractivity (Wildman–Crippen MR) is 117 cm³/mol. The summed E-state index contributed by atoms with van der Waals surface area (Å²) in [5.41, 5.74) is 4.28. The van der Waals surface area contributed by atoms with Crippen LogP contribution in [0.3, 0.4) is 0 Å². The van der Waals surface area contributed by atoms with Gasteiger partial charge in [-0.3, -0.25) is 19.7 Å². The van der Waals surface area contributed by atoms with Crippen LogP contribution in [0.2, 0.25) is 0 Å². The molecule has 1 N–H and O–H groups in total. The minimum Gasteiger partial charge on any atom is -0.334 e. The number of carbonyl (C=O) groups excluding carboxylic acids is 2. The molecule has 1 fully saturated rings. The minimum absolute atomic E-state index is 0.0775. The number of pyridine rings is 1. The second kappa shape index (κ2) is 8.34. The van der Waals surface area contributed by atoms with Crippen molar-refractivity contribution in [3.05, 3.63) is 77.4 Å². The van der Waals surface area contributed by atoms with Gasteiger partial charge in [0.1, 0.15) is 0 Å². The average Bonchev–Trinajstić information content (AvgIpc) is 3.47. The van der Waals surface area contributed by atoms with E-state index in [0.717, 1.165) is 42.6 Å². The summed E-state index contributed by atoms with van der Waals surface area (Å²) in [5, 5.41) is 7.37. The van der Waals surface area contributed by atoms with Crippen LogP contribution < -0.4 is 4.90 Å². The van der Waals surface area contributed by atoms with Gasteiger partial charge in [-0.05, 0) is 55.0 Å². The fourth-order valence-electron chi connectivity index (χ4n) is 4.64. The number of piperidine rings is 1. The lowest BCUT2D eigenvalue weighted by Crippen LogP contribution is -2.39. The Morgan fingerprint density at radius 1 is 1.10 bits per heavy atom. The molecule has 0 bridgehead atoms. The standard InChI is InChI=1S/C24H25N5O2/c30-23(14-17-6-5-11-25-16-17)28-12-4-3-9-22(28)19-15-20(27-26-19)24(31)29-13-10-18-7-1-2-8-21(18)29/h1-2,5-8,11,15-16,22H,3-4,9-10,12-14H2,(H,26,27). The van der Waals surface area contributed by atoms with Crippen molar-refractivity contribution in [3.8, 4) is 0 Å². The molecule has 0 aliphatic carbocycles. The third-order valence-electron chi connectivity index (χ3n) is 6.21. The number of hydrogen-bond donors (Lipinski definition) is 1. The second-order valence-electron chi connectivity index (χ2n) is 8.18. The van der Waals surface area contributed by atoms with Crippen molar-refractivity contribution in [1.29, 1.82) is 0 Å². The van der Waals surface area contributed by atoms with E-state index in [1.54, 1.807) is 17.3 Å². The number of rotatable bonds is 4. The Hall–Kier alpha value is -3.48. The molecule has 31 heavy (non-hydrogen) atoms. The lowest BCUT2D eigenvalue weighted by Gasteiger charge is -2.35. The number of carbonyl (C=O) groups is 2. The van der Waals surface area contributed by atoms with Gasteiger partial charge in [-0.1, -0.05) is 24.3 Å². The Bertz CT molecular complexity index is 1090. The Kier molecular flexibility index (Phi) is 5.24. The summed E-state index contributed by atoms with van der Waals surface area (Å²) < 4.78 is 0. The molecule has 0 spiro atoms. The van der Waals surface area contributed by atoms with Gasteiger partial charge in [0, 0.05) is 31.2 Å². The third kappa shape index (κ3) is 3.83. The molecule has 1 saturated heterocycles. The highest BCUT2D eigenvalue weighted by atomic mass is 16.2. The number of amides is 2. The van der Waals surface area contributed by atoms with E-state index in [2.05, 4.69) is 21.2 Å². The van der Waals surface area contributed by atoms with Crippen molar-refractivity contribution >= 4 is 17.5 Å². The van der Waals surface area contributed by atoms with Crippen molar-refractivity contribution in [1.82, 2.24) is 20.1 Å². The quantitative estimate of drug-likeness (QED) is 0.709. The van der Waals surface area contributed by atoms with E-state index < -0.39 is 0 Å². The van der Waals surface area contributed by atoms with E-state index in [0.29, 0.717) is 25.2 Å². The van der Waals surface area contributed by atoms with Crippen LogP contribution in [0.25, 0.3) is 0 Å². The first-order valence-corrected chi connectivity index (χ1v) is 10.8. The topological polar surface area (TPSA) is 82.2 Å². The normalized spacial score (nSPS) is 18.1. The summed E-state index contributed by atoms with van der Waals surface area (Å²) in [7, 11) is 0. The Labute approximate surface area is 181 Å². The molecular weight excluding hydrogens is 390 g/mol. The lowest BCUT2D eigenvalue weighted by molar-refractivity contribution is -0.134. The maximum absolute atomic E-state index is 13.1. The van der Waals surface area contributed by atoms with Gasteiger partial charge in [-0.25, -0.2) is 0 Å². The Morgan fingerprint density at radius 2 is 2.00 bits per heavy atom. The maximum Gasteiger partial charge on any atom is 0.278 e. The number of nitrogens with zero attached hydrogens (tertiary/aromatic N) is 4. The molecule has 1 unspecified atom stereocenters. The van der Waals surface area contributed by atoms with Crippen LogP contribution in [0.1, 0.15) is 52.6 Å². The van der Waals surface area contributed by atoms with E-state index in [1.807, 2.05) is 41.3 Å². The van der Waals surface area contributed by atoms with Crippen LogP contribution >= 0.6 is 0 Å². The molecule has 1 aromatic carbocycles. The molecule has 0 saturated carbocycles. The minimum atomic E-state index is -0.100. The highest BCUT2D eigenvalue weighted by Crippen LogP contribution is 2.32. The molecule has 5 rings (SSSR count). The van der Waals surface area contributed by atoms with E-state index >= 15 is 0 Å². The predicted octanol–water partition coefficient (Wildman–Crippen LogP) is 3.30. The molecule has 7 heteroatoms. The van der Waals surface area contributed by atoms with Crippen molar-refractivity contribution < 1.29 is 9.59 Å². The number of nitrogens with one attached hydrogen (secondary N) is 1. The molecule has 2 aliphatic rings. The largest absolute Gasteiger partial charge is 0.334 e. The summed E-state index contributed by atoms with van der Waals surface area (Å²) in [4.78, 5) is 34.0. The summed E-state index contributed by atoms with van der Waals surface area (Å²) in [6.45, 7) is 1.38. The van der Waals surface area contributed by atoms with Crippen LogP contribution in [0.4, 0.5) is 5.69 Å². The van der Waals surface area contributed by atoms with E-state index in [4.69, 9.17) is 0 Å². The fraction of sp³-hybridized carbons (Fsp3) is 0.333. The SMILES string of the molecule is O=C(c1cc(C2CCCCN2C(=O)Cc2cccnc2)[nH]n1)N1CCc2ccccc21. The molecule has 2 amide bonds. The van der Waals surface area contributed by atoms with E-state index in [9.17, 15) is 9.59 Å². The molecule has 1 atom stereocenters. The number of benzene rings is 1. The first-order chi connectivity index (χ1) is 15.2. The van der Waals surface area contributed by atoms with Crippen LogP contribution in [-0.2, 0) is 17.6 Å². The van der Waals surface area contributed by atoms with Crippen molar-refractivity contribution in [3.63, 3.8) is 0 Å². The van der Waals surface area contributed by atoms with Gasteiger partial charge in [0.2, 0.25) is 5.91 Å². The summed E-state index contributed by atoms with van der Waals surface area (Å²) >= 11 is 0. The molecule has 3 aromatic rings. The number of para-hydroxylation sites is 1. The number of aromatic amines is 1. The summed E-state index contributed by atoms with van der Waals surface area (Å²) in [6, 6.07) is 13.5. The molecular formula is C24H25N5O2. The van der Waals surface area contributed by atoms with Gasteiger partial charge in [-0.2, -0.15) is 5.10 Å². The Morgan fingerprint density at radius 3 is 2.87 bits per heavy atom. The van der Waals surface area contributed by atoms with Crippen LogP contribution in [0.5, 0.6) is 0 Å². The van der Waals surface area contributed by atoms with Crippen LogP contribution in [0, 0.1) is 0 Å². The molecule has 0 radical (unpaired) electrons. The highest BCUT2D eigenvalue weighted by Gasteiger charge is 2.31. The lowest BCUT2D eigenvalue weighted by atomic mass is 9.98. The van der Waals surface area contributed by atoms with Gasteiger partial charge >= 0.3 is 0 Å². The van der Waals surface area contributed by atoms with Gasteiger partial charge in [0.05, 0.1) is 18.2 Å². The van der Waals surface area contributed by atoms with Crippen molar-refractivity contribution in [2.24, 2.45) is 0 Å². The number of anilines is 1. The van der Waals surface area contributed by atoms with Crippen LogP contribution in [0.15, 0.2) is 54.9 Å². The van der Waals surface area contributed by atoms with Gasteiger partial charge < -0.3 is 9.80 Å². The number of likely N-dealkylation sites (tertiary alicyclic amines) is 1. The number of aromatic nitrogens is 3. The first-order valence-electron chi connectivity index (χ1n) is 10.8. The molecule has 2 aliphatic heterocycles. The summed E-state index contributed by atoms with van der Waals surface area (Å²) in [6.07, 6.45) is 7.52. The number of H-pyrrole nitrogens is 1. The van der Waals surface area contributed by atoms with Gasteiger partial charge in [-0.15, -0.1) is 0 Å². The fourth-order valence-corrected chi connectivity index (χ4v) is 4.64. The molecule has 158 valence electrons. The van der Waals surface area contributed by atoms with E-state index in [-0.39, 0.29) is 17.9 Å². The monoisotopic (exact) mass is 415 g/mol. The molecule has 4 heterocycles. The Balaban J connectivity index is 1.34. The molecule has 2 aromatic heterocycles. The van der Waals surface area contributed by atoms with E-state index in [1.165, 1.54) is 5.56 Å². The number of hydrogen-bond acceptors (Lipinski definition) is 4. The van der Waals surface area contributed by atoms with Crippen molar-refractivity contribution in [2.45, 2.75) is 38.1 Å². The third-order valence-corrected chi connectivity index (χ3v) is 6.21. The summed E-state index contributed by atoms with van der Waals surface area (Å²) in [5.74, 6) is -0.0230. The van der Waals surface area contributed by atoms with Gasteiger partial charge in [0.25, 0.3) is 5.91 Å².